The van der Waals surface area contributed by atoms with Crippen LogP contribution in [0.25, 0.3) is 0 Å². The van der Waals surface area contributed by atoms with Gasteiger partial charge in [0.15, 0.2) is 0 Å². The predicted octanol–water partition coefficient (Wildman–Crippen LogP) is 0.868. The molecule has 0 aromatic rings. The van der Waals surface area contributed by atoms with E-state index in [1.807, 2.05) is 0 Å². The summed E-state index contributed by atoms with van der Waals surface area (Å²) in [5.41, 5.74) is 5.09. The molecule has 0 aromatic heterocycles. The maximum Gasteiger partial charge on any atom is 0.325 e. The van der Waals surface area contributed by atoms with Crippen molar-refractivity contribution in [2.24, 2.45) is 11.7 Å². The number of nitrogens with two attached hydrogens (primary N) is 1. The van der Waals surface area contributed by atoms with Gasteiger partial charge in [-0.1, -0.05) is 20.4 Å². The normalized spacial score (nSPS) is 10.4. The van der Waals surface area contributed by atoms with E-state index in [1.54, 1.807) is 20.8 Å². The molecule has 0 aliphatic carbocycles. The van der Waals surface area contributed by atoms with Crippen molar-refractivity contribution < 1.29 is 19.1 Å². The van der Waals surface area contributed by atoms with Gasteiger partial charge in [0, 0.05) is 5.57 Å². The van der Waals surface area contributed by atoms with Crippen molar-refractivity contribution in [3.8, 4) is 0 Å². The van der Waals surface area contributed by atoms with E-state index in [0.717, 1.165) is 0 Å². The number of primary amides is 1. The van der Waals surface area contributed by atoms with Crippen LogP contribution >= 0.6 is 7.60 Å². The summed E-state index contributed by atoms with van der Waals surface area (Å²) in [6.45, 7) is 8.41. The van der Waals surface area contributed by atoms with E-state index < -0.39 is 13.5 Å². The zero-order valence-corrected chi connectivity index (χ0v) is 9.62. The standard InChI is InChI=1S/C4H7NO.C4H11O3P/c1-3(2)4(5)6;1-4(2)3-8(5,6)7/h1H2,2H3,(H2,5,6);4H,3H2,1-2H3,(H2,5,6,7). The van der Waals surface area contributed by atoms with Gasteiger partial charge in [-0.05, 0) is 12.8 Å². The second-order valence-electron chi connectivity index (χ2n) is 3.39. The summed E-state index contributed by atoms with van der Waals surface area (Å²) in [5.74, 6) is -0.356. The third-order valence-corrected chi connectivity index (χ3v) is 2.23. The third kappa shape index (κ3) is 17.4. The molecule has 0 heterocycles. The van der Waals surface area contributed by atoms with Crippen LogP contribution in [0, 0.1) is 5.92 Å². The van der Waals surface area contributed by atoms with Crippen LogP contribution in [0.5, 0.6) is 0 Å². The molecule has 6 heteroatoms. The Balaban J connectivity index is 0. The number of amides is 1. The fourth-order valence-corrected chi connectivity index (χ4v) is 1.43. The maximum atomic E-state index is 10.1. The molecule has 4 N–H and O–H groups in total. The second-order valence-corrected chi connectivity index (χ2v) is 5.08. The van der Waals surface area contributed by atoms with Crippen molar-refractivity contribution in [3.63, 3.8) is 0 Å². The van der Waals surface area contributed by atoms with Gasteiger partial charge in [-0.15, -0.1) is 0 Å². The van der Waals surface area contributed by atoms with Gasteiger partial charge in [0.1, 0.15) is 0 Å². The summed E-state index contributed by atoms with van der Waals surface area (Å²) in [7, 11) is -3.72. The Kier molecular flexibility index (Phi) is 7.64. The van der Waals surface area contributed by atoms with E-state index in [9.17, 15) is 9.36 Å². The Bertz CT molecular complexity index is 232. The number of carbonyl (C=O) groups excluding carboxylic acids is 1. The lowest BCUT2D eigenvalue weighted by molar-refractivity contribution is -0.114. The minimum atomic E-state index is -3.72. The summed E-state index contributed by atoms with van der Waals surface area (Å²) in [4.78, 5) is 26.4. The lowest BCUT2D eigenvalue weighted by Crippen LogP contribution is -2.10. The highest BCUT2D eigenvalue weighted by atomic mass is 31.2. The average molecular weight is 223 g/mol. The van der Waals surface area contributed by atoms with Gasteiger partial charge in [0.05, 0.1) is 6.16 Å². The van der Waals surface area contributed by atoms with Crippen LogP contribution in [0.3, 0.4) is 0 Å². The highest BCUT2D eigenvalue weighted by Crippen LogP contribution is 2.36. The molecule has 0 aromatic carbocycles. The fourth-order valence-electron chi connectivity index (χ4n) is 0.476. The predicted molar refractivity (Wildman–Crippen MR) is 55.8 cm³/mol. The zero-order valence-electron chi connectivity index (χ0n) is 8.73. The van der Waals surface area contributed by atoms with Crippen molar-refractivity contribution in [1.29, 1.82) is 0 Å². The number of carbonyl (C=O) groups is 1. The molecule has 0 radical (unpaired) electrons. The number of hydrogen-bond donors (Lipinski definition) is 3. The highest BCUT2D eigenvalue weighted by Gasteiger charge is 2.13. The zero-order chi connectivity index (χ0) is 11.9. The summed E-state index contributed by atoms with van der Waals surface area (Å²) in [6, 6.07) is 0. The van der Waals surface area contributed by atoms with E-state index in [0.29, 0.717) is 5.57 Å². The molecule has 5 nitrogen and oxygen atoms in total. The first-order valence-electron chi connectivity index (χ1n) is 4.06. The minimum absolute atomic E-state index is 0.00694. The molecule has 84 valence electrons. The minimum Gasteiger partial charge on any atom is -0.366 e. The maximum absolute atomic E-state index is 10.1. The van der Waals surface area contributed by atoms with Crippen LogP contribution in [0.4, 0.5) is 0 Å². The quantitative estimate of drug-likeness (QED) is 0.488. The van der Waals surface area contributed by atoms with Crippen LogP contribution in [0.2, 0.25) is 0 Å². The van der Waals surface area contributed by atoms with Crippen molar-refractivity contribution in [2.45, 2.75) is 20.8 Å². The molecular weight excluding hydrogens is 205 g/mol. The van der Waals surface area contributed by atoms with Crippen molar-refractivity contribution in [3.05, 3.63) is 12.2 Å². The molecule has 0 aliphatic heterocycles. The molecule has 0 saturated carbocycles. The summed E-state index contributed by atoms with van der Waals surface area (Å²) in [5, 5.41) is 0. The van der Waals surface area contributed by atoms with E-state index >= 15 is 0 Å². The fraction of sp³-hybridized carbons (Fsp3) is 0.625. The monoisotopic (exact) mass is 223 g/mol. The Morgan fingerprint density at radius 2 is 1.79 bits per heavy atom. The van der Waals surface area contributed by atoms with Crippen LogP contribution in [-0.4, -0.2) is 21.9 Å². The Morgan fingerprint density at radius 1 is 1.50 bits per heavy atom. The van der Waals surface area contributed by atoms with Crippen molar-refractivity contribution in [2.75, 3.05) is 6.16 Å². The molecule has 0 rings (SSSR count). The first-order valence-corrected chi connectivity index (χ1v) is 5.86. The first-order chi connectivity index (χ1) is 6.06. The second kappa shape index (κ2) is 6.76. The van der Waals surface area contributed by atoms with E-state index in [1.165, 1.54) is 0 Å². The van der Waals surface area contributed by atoms with Gasteiger partial charge in [-0.25, -0.2) is 0 Å². The van der Waals surface area contributed by atoms with Gasteiger partial charge in [0.2, 0.25) is 5.91 Å². The topological polar surface area (TPSA) is 101 Å². The molecule has 0 atom stereocenters. The Morgan fingerprint density at radius 3 is 1.79 bits per heavy atom. The van der Waals surface area contributed by atoms with Gasteiger partial charge in [0.25, 0.3) is 0 Å². The SMILES string of the molecule is C=C(C)C(N)=O.CC(C)CP(=O)(O)O. The smallest absolute Gasteiger partial charge is 0.325 e. The van der Waals surface area contributed by atoms with E-state index in [2.05, 4.69) is 6.58 Å². The third-order valence-electron chi connectivity index (χ3n) is 1.02. The van der Waals surface area contributed by atoms with Crippen LogP contribution in [0.15, 0.2) is 12.2 Å². The Labute approximate surface area is 84.2 Å². The van der Waals surface area contributed by atoms with Gasteiger partial charge in [-0.2, -0.15) is 0 Å². The lowest BCUT2D eigenvalue weighted by Gasteiger charge is -2.04. The first kappa shape index (κ1) is 15.8. The largest absolute Gasteiger partial charge is 0.366 e. The summed E-state index contributed by atoms with van der Waals surface area (Å²) in [6.07, 6.45) is -0.00694. The Hall–Kier alpha value is -0.640. The molecular formula is C8H18NO4P. The lowest BCUT2D eigenvalue weighted by atomic mass is 10.3. The van der Waals surface area contributed by atoms with E-state index in [-0.39, 0.29) is 12.1 Å². The molecule has 14 heavy (non-hydrogen) atoms. The molecule has 0 saturated heterocycles. The van der Waals surface area contributed by atoms with Crippen molar-refractivity contribution in [1.82, 2.24) is 0 Å². The van der Waals surface area contributed by atoms with Gasteiger partial charge in [-0.3, -0.25) is 9.36 Å². The molecule has 0 fully saturated rings. The molecule has 1 amide bonds. The highest BCUT2D eigenvalue weighted by molar-refractivity contribution is 7.51. The molecule has 0 unspecified atom stereocenters. The van der Waals surface area contributed by atoms with Crippen LogP contribution in [0.1, 0.15) is 20.8 Å². The van der Waals surface area contributed by atoms with Crippen LogP contribution in [-0.2, 0) is 9.36 Å². The molecule has 0 bridgehead atoms. The van der Waals surface area contributed by atoms with Crippen molar-refractivity contribution >= 4 is 13.5 Å². The summed E-state index contributed by atoms with van der Waals surface area (Å²) >= 11 is 0. The van der Waals surface area contributed by atoms with E-state index in [4.69, 9.17) is 15.5 Å². The van der Waals surface area contributed by atoms with Gasteiger partial charge >= 0.3 is 7.60 Å². The summed E-state index contributed by atoms with van der Waals surface area (Å²) < 4.78 is 10.1. The molecule has 0 aliphatic rings. The van der Waals surface area contributed by atoms with Gasteiger partial charge < -0.3 is 15.5 Å². The average Bonchev–Trinajstić information content (AvgIpc) is 1.81. The van der Waals surface area contributed by atoms with Crippen LogP contribution < -0.4 is 5.73 Å². The number of rotatable bonds is 3. The number of hydrogen-bond acceptors (Lipinski definition) is 2. The molecule has 0 spiro atoms.